The summed E-state index contributed by atoms with van der Waals surface area (Å²) in [5.74, 6) is 0. The van der Waals surface area contributed by atoms with Crippen molar-refractivity contribution in [1.82, 2.24) is 0 Å². The van der Waals surface area contributed by atoms with Gasteiger partial charge in [0.05, 0.1) is 4.90 Å². The van der Waals surface area contributed by atoms with Gasteiger partial charge < -0.3 is 0 Å². The second-order valence-corrected chi connectivity index (χ2v) is 5.31. The van der Waals surface area contributed by atoms with E-state index in [9.17, 15) is 8.42 Å². The van der Waals surface area contributed by atoms with Gasteiger partial charge in [-0.3, -0.25) is 0 Å². The molecule has 0 aromatic heterocycles. The molecule has 0 aliphatic rings. The maximum atomic E-state index is 11.7. The first-order valence-electron chi connectivity index (χ1n) is 5.18. The lowest BCUT2D eigenvalue weighted by molar-refractivity contribution is 0.598. The van der Waals surface area contributed by atoms with Gasteiger partial charge in [0.1, 0.15) is 0 Å². The Morgan fingerprint density at radius 1 is 1.18 bits per heavy atom. The molecule has 88 valence electrons. The van der Waals surface area contributed by atoms with Crippen LogP contribution in [-0.2, 0) is 16.4 Å². The van der Waals surface area contributed by atoms with Crippen molar-refractivity contribution in [1.29, 1.82) is 0 Å². The predicted octanol–water partition coefficient (Wildman–Crippen LogP) is 2.22. The molecule has 17 heavy (non-hydrogen) atoms. The molecule has 0 aliphatic heterocycles. The van der Waals surface area contributed by atoms with E-state index in [1.165, 1.54) is 0 Å². The van der Waals surface area contributed by atoms with Crippen molar-refractivity contribution in [2.24, 2.45) is 5.14 Å². The van der Waals surface area contributed by atoms with Gasteiger partial charge in [0.2, 0.25) is 10.0 Å². The fourth-order valence-corrected chi connectivity index (χ4v) is 2.95. The second-order valence-electron chi connectivity index (χ2n) is 3.81. The van der Waals surface area contributed by atoms with E-state index in [1.807, 2.05) is 18.2 Å². The van der Waals surface area contributed by atoms with Crippen molar-refractivity contribution in [3.63, 3.8) is 0 Å². The normalized spacial score (nSPS) is 11.6. The van der Waals surface area contributed by atoms with Crippen LogP contribution in [0.1, 0.15) is 5.56 Å². The maximum Gasteiger partial charge on any atom is 0.238 e. The number of fused-ring (bicyclic) bond motifs is 1. The van der Waals surface area contributed by atoms with Gasteiger partial charge in [-0.1, -0.05) is 42.5 Å². The van der Waals surface area contributed by atoms with Crippen LogP contribution in [-0.4, -0.2) is 8.42 Å². The number of nitrogens with two attached hydrogens (primary N) is 1. The first-order valence-corrected chi connectivity index (χ1v) is 6.73. The molecular weight excluding hydrogens is 234 g/mol. The van der Waals surface area contributed by atoms with E-state index < -0.39 is 10.0 Å². The highest BCUT2D eigenvalue weighted by atomic mass is 32.2. The lowest BCUT2D eigenvalue weighted by Gasteiger charge is -2.09. The van der Waals surface area contributed by atoms with Gasteiger partial charge in [0, 0.05) is 5.39 Å². The number of benzene rings is 2. The number of hydrogen-bond acceptors (Lipinski definition) is 2. The number of sulfonamides is 1. The Kier molecular flexibility index (Phi) is 3.00. The molecular formula is C13H13NO2S. The Balaban J connectivity index is 2.89. The summed E-state index contributed by atoms with van der Waals surface area (Å²) in [5, 5.41) is 6.82. The first-order chi connectivity index (χ1) is 8.04. The highest BCUT2D eigenvalue weighted by molar-refractivity contribution is 7.89. The molecule has 0 spiro atoms. The van der Waals surface area contributed by atoms with Crippen LogP contribution in [0, 0.1) is 0 Å². The molecule has 2 aromatic rings. The average molecular weight is 247 g/mol. The predicted molar refractivity (Wildman–Crippen MR) is 69.2 cm³/mol. The molecule has 2 N–H and O–H groups in total. The summed E-state index contributed by atoms with van der Waals surface area (Å²) in [4.78, 5) is 0.204. The third-order valence-corrected chi connectivity index (χ3v) is 3.66. The summed E-state index contributed by atoms with van der Waals surface area (Å²) in [6, 6.07) is 11.0. The van der Waals surface area contributed by atoms with E-state index in [2.05, 4.69) is 6.58 Å². The minimum atomic E-state index is -3.73. The molecule has 0 unspecified atom stereocenters. The fraction of sp³-hybridized carbons (Fsp3) is 0.0769. The number of rotatable bonds is 3. The maximum absolute atomic E-state index is 11.7. The van der Waals surface area contributed by atoms with Gasteiger partial charge in [0.25, 0.3) is 0 Å². The van der Waals surface area contributed by atoms with Gasteiger partial charge in [-0.15, -0.1) is 6.58 Å². The van der Waals surface area contributed by atoms with E-state index in [0.29, 0.717) is 17.4 Å². The third kappa shape index (κ3) is 2.23. The molecule has 0 heterocycles. The zero-order valence-corrected chi connectivity index (χ0v) is 10.1. The van der Waals surface area contributed by atoms with Gasteiger partial charge in [-0.05, 0) is 17.4 Å². The van der Waals surface area contributed by atoms with Crippen molar-refractivity contribution in [2.75, 3.05) is 0 Å². The first kappa shape index (κ1) is 11.8. The summed E-state index contributed by atoms with van der Waals surface area (Å²) in [6.45, 7) is 3.62. The molecule has 0 bridgehead atoms. The van der Waals surface area contributed by atoms with Crippen LogP contribution in [0.3, 0.4) is 0 Å². The van der Waals surface area contributed by atoms with Crippen molar-refractivity contribution in [2.45, 2.75) is 11.3 Å². The van der Waals surface area contributed by atoms with E-state index in [4.69, 9.17) is 5.14 Å². The quantitative estimate of drug-likeness (QED) is 0.845. The minimum Gasteiger partial charge on any atom is -0.225 e. The number of primary sulfonamides is 1. The van der Waals surface area contributed by atoms with Crippen LogP contribution in [0.5, 0.6) is 0 Å². The summed E-state index contributed by atoms with van der Waals surface area (Å²) in [6.07, 6.45) is 2.15. The van der Waals surface area contributed by atoms with E-state index >= 15 is 0 Å². The molecule has 2 rings (SSSR count). The smallest absolute Gasteiger partial charge is 0.225 e. The van der Waals surface area contributed by atoms with Crippen LogP contribution in [0.2, 0.25) is 0 Å². The van der Waals surface area contributed by atoms with Crippen LogP contribution in [0.25, 0.3) is 10.8 Å². The van der Waals surface area contributed by atoms with E-state index in [-0.39, 0.29) is 4.90 Å². The molecule has 3 nitrogen and oxygen atoms in total. The lowest BCUT2D eigenvalue weighted by Crippen LogP contribution is -2.15. The molecule has 2 aromatic carbocycles. The number of hydrogen-bond donors (Lipinski definition) is 1. The standard InChI is InChI=1S/C13H13NO2S/c1-2-5-11-9-8-10-6-3-4-7-12(10)13(11)17(14,15)16/h2-4,6-9H,1,5H2,(H2,14,15,16). The SMILES string of the molecule is C=CCc1ccc2ccccc2c1S(N)(=O)=O. The average Bonchev–Trinajstić information content (AvgIpc) is 2.27. The highest BCUT2D eigenvalue weighted by Gasteiger charge is 2.16. The number of allylic oxidation sites excluding steroid dienone is 1. The molecule has 0 fully saturated rings. The Bertz CT molecular complexity index is 675. The summed E-state index contributed by atoms with van der Waals surface area (Å²) in [5.41, 5.74) is 0.682. The Morgan fingerprint density at radius 2 is 1.88 bits per heavy atom. The summed E-state index contributed by atoms with van der Waals surface area (Å²) in [7, 11) is -3.73. The molecule has 4 heteroatoms. The zero-order chi connectivity index (χ0) is 12.5. The largest absolute Gasteiger partial charge is 0.238 e. The third-order valence-electron chi connectivity index (χ3n) is 2.61. The molecule has 0 radical (unpaired) electrons. The molecule has 0 atom stereocenters. The molecule has 0 saturated carbocycles. The Labute approximate surface area is 101 Å². The Morgan fingerprint density at radius 3 is 2.53 bits per heavy atom. The Hall–Kier alpha value is -1.65. The van der Waals surface area contributed by atoms with Crippen LogP contribution < -0.4 is 5.14 Å². The van der Waals surface area contributed by atoms with Gasteiger partial charge in [-0.25, -0.2) is 13.6 Å². The zero-order valence-electron chi connectivity index (χ0n) is 9.26. The van der Waals surface area contributed by atoms with Gasteiger partial charge in [-0.2, -0.15) is 0 Å². The monoisotopic (exact) mass is 247 g/mol. The van der Waals surface area contributed by atoms with Crippen LogP contribution in [0.15, 0.2) is 53.9 Å². The van der Waals surface area contributed by atoms with Crippen LogP contribution in [0.4, 0.5) is 0 Å². The van der Waals surface area contributed by atoms with Crippen molar-refractivity contribution >= 4 is 20.8 Å². The summed E-state index contributed by atoms with van der Waals surface area (Å²) < 4.78 is 23.4. The minimum absolute atomic E-state index is 0.204. The topological polar surface area (TPSA) is 60.2 Å². The molecule has 0 saturated heterocycles. The van der Waals surface area contributed by atoms with Gasteiger partial charge in [0.15, 0.2) is 0 Å². The highest BCUT2D eigenvalue weighted by Crippen LogP contribution is 2.26. The van der Waals surface area contributed by atoms with Crippen molar-refractivity contribution in [3.05, 3.63) is 54.6 Å². The van der Waals surface area contributed by atoms with Crippen molar-refractivity contribution < 1.29 is 8.42 Å². The molecule has 0 amide bonds. The fourth-order valence-electron chi connectivity index (χ4n) is 1.94. The molecule has 0 aliphatic carbocycles. The van der Waals surface area contributed by atoms with E-state index in [1.54, 1.807) is 24.3 Å². The van der Waals surface area contributed by atoms with Crippen LogP contribution >= 0.6 is 0 Å². The lowest BCUT2D eigenvalue weighted by atomic mass is 10.0. The second kappa shape index (κ2) is 4.31. The van der Waals surface area contributed by atoms with Crippen molar-refractivity contribution in [3.8, 4) is 0 Å². The van der Waals surface area contributed by atoms with E-state index in [0.717, 1.165) is 5.39 Å². The van der Waals surface area contributed by atoms with Gasteiger partial charge >= 0.3 is 0 Å². The summed E-state index contributed by atoms with van der Waals surface area (Å²) >= 11 is 0.